The molecule has 0 fully saturated rings. The molecule has 5 nitrogen and oxygen atoms in total. The minimum absolute atomic E-state index is 0.583. The number of aromatic carboxylic acids is 1. The second-order valence-corrected chi connectivity index (χ2v) is 2.33. The van der Waals surface area contributed by atoms with Crippen LogP contribution in [0.2, 0.25) is 0 Å². The maximum absolute atomic E-state index is 10.8. The smallest absolute Gasteiger partial charge is 0.343 e. The fourth-order valence-corrected chi connectivity index (χ4v) is 0.850. The van der Waals surface area contributed by atoms with Crippen molar-refractivity contribution < 1.29 is 20.1 Å². The highest BCUT2D eigenvalue weighted by molar-refractivity contribution is 5.93. The number of carbonyl (C=O) groups is 1. The predicted octanol–water partition coefficient (Wildman–Crippen LogP) is 0.156. The van der Waals surface area contributed by atoms with Crippen LogP contribution in [0.1, 0.15) is 10.4 Å². The molecule has 0 spiro atoms. The fourth-order valence-electron chi connectivity index (χ4n) is 0.850. The van der Waals surface area contributed by atoms with Crippen molar-refractivity contribution in [2.45, 2.75) is 0 Å². The quantitative estimate of drug-likeness (QED) is 0.574. The summed E-state index contributed by atoms with van der Waals surface area (Å²) < 4.78 is 0. The Labute approximate surface area is 72.5 Å². The molecule has 3 N–H and O–H groups in total. The van der Waals surface area contributed by atoms with E-state index in [2.05, 4.69) is 0 Å². The van der Waals surface area contributed by atoms with Gasteiger partial charge in [0.1, 0.15) is 17.1 Å². The third-order valence-corrected chi connectivity index (χ3v) is 1.41. The van der Waals surface area contributed by atoms with Crippen LogP contribution in [0.3, 0.4) is 0 Å². The van der Waals surface area contributed by atoms with Gasteiger partial charge in [-0.25, -0.2) is 4.79 Å². The van der Waals surface area contributed by atoms with E-state index in [0.29, 0.717) is 0 Å². The van der Waals surface area contributed by atoms with Gasteiger partial charge in [0.25, 0.3) is 0 Å². The number of aromatic hydroxyl groups is 2. The molecule has 0 aliphatic carbocycles. The molecule has 0 saturated heterocycles. The van der Waals surface area contributed by atoms with E-state index in [1.165, 1.54) is 0 Å². The zero-order valence-electron chi connectivity index (χ0n) is 6.39. The van der Waals surface area contributed by atoms with Crippen LogP contribution >= 0.6 is 0 Å². The van der Waals surface area contributed by atoms with Crippen molar-refractivity contribution in [2.75, 3.05) is 0 Å². The monoisotopic (exact) mass is 182 g/mol. The Bertz CT molecular complexity index is 410. The molecular weight excluding hydrogens is 176 g/mol. The van der Waals surface area contributed by atoms with Crippen LogP contribution in [0.15, 0.2) is 23.0 Å². The summed E-state index contributed by atoms with van der Waals surface area (Å²) in [5, 5.41) is 26.7. The van der Waals surface area contributed by atoms with Crippen LogP contribution in [0, 0.1) is 0 Å². The third-order valence-electron chi connectivity index (χ3n) is 1.41. The largest absolute Gasteiger partial charge is 0.507 e. The first-order chi connectivity index (χ1) is 6.02. The molecule has 0 amide bonds. The van der Waals surface area contributed by atoms with E-state index in [1.54, 1.807) is 0 Å². The van der Waals surface area contributed by atoms with Gasteiger partial charge in [0.2, 0.25) is 0 Å². The number of hydrogen-bond acceptors (Lipinski definition) is 4. The molecule has 0 radical (unpaired) electrons. The molecule has 0 saturated carbocycles. The number of carboxylic acid groups (broad SMARTS) is 1. The van der Waals surface area contributed by atoms with Gasteiger partial charge in [-0.15, -0.1) is 0 Å². The molecular formula is C8H6O5. The molecule has 0 aliphatic heterocycles. The maximum Gasteiger partial charge on any atom is 0.343 e. The lowest BCUT2D eigenvalue weighted by Crippen LogP contribution is -1.96. The van der Waals surface area contributed by atoms with E-state index in [-0.39, 0.29) is 0 Å². The Morgan fingerprint density at radius 3 is 2.31 bits per heavy atom. The maximum atomic E-state index is 10.8. The van der Waals surface area contributed by atoms with E-state index in [9.17, 15) is 9.59 Å². The molecule has 0 bridgehead atoms. The second kappa shape index (κ2) is 3.14. The van der Waals surface area contributed by atoms with Crippen molar-refractivity contribution >= 4 is 5.97 Å². The third kappa shape index (κ3) is 1.76. The molecule has 1 aromatic rings. The normalized spacial score (nSPS) is 9.54. The van der Waals surface area contributed by atoms with Gasteiger partial charge < -0.3 is 15.3 Å². The number of carboxylic acids is 1. The minimum Gasteiger partial charge on any atom is -0.507 e. The topological polar surface area (TPSA) is 94.8 Å². The Morgan fingerprint density at radius 2 is 1.77 bits per heavy atom. The van der Waals surface area contributed by atoms with Gasteiger partial charge in [-0.1, -0.05) is 0 Å². The van der Waals surface area contributed by atoms with Gasteiger partial charge in [0.05, 0.1) is 0 Å². The van der Waals surface area contributed by atoms with Crippen LogP contribution in [-0.4, -0.2) is 21.3 Å². The number of rotatable bonds is 1. The summed E-state index contributed by atoms with van der Waals surface area (Å²) in [6.07, 6.45) is 0. The van der Waals surface area contributed by atoms with Gasteiger partial charge in [-0.2, -0.15) is 0 Å². The van der Waals surface area contributed by atoms with E-state index >= 15 is 0 Å². The lowest BCUT2D eigenvalue weighted by Gasteiger charge is -1.95. The van der Waals surface area contributed by atoms with Crippen molar-refractivity contribution in [1.29, 1.82) is 0 Å². The molecule has 0 unspecified atom stereocenters. The molecule has 0 aromatic heterocycles. The Kier molecular flexibility index (Phi) is 2.19. The average Bonchev–Trinajstić information content (AvgIpc) is 2.10. The van der Waals surface area contributed by atoms with Crippen molar-refractivity contribution in [3.05, 3.63) is 34.0 Å². The standard InChI is InChI=1S/C8H6O5/c9-4-1-2-5(10)7(8(12)13)6(11)3-4/h1-3,10-11H,(H,12,13). The lowest BCUT2D eigenvalue weighted by atomic mass is 10.2. The molecule has 13 heavy (non-hydrogen) atoms. The summed E-state index contributed by atoms with van der Waals surface area (Å²) in [6.45, 7) is 0. The molecule has 68 valence electrons. The average molecular weight is 182 g/mol. The van der Waals surface area contributed by atoms with Crippen LogP contribution < -0.4 is 5.43 Å². The van der Waals surface area contributed by atoms with E-state index in [0.717, 1.165) is 18.2 Å². The van der Waals surface area contributed by atoms with Gasteiger partial charge in [0, 0.05) is 6.07 Å². The van der Waals surface area contributed by atoms with Crippen molar-refractivity contribution in [2.24, 2.45) is 0 Å². The highest BCUT2D eigenvalue weighted by atomic mass is 16.4. The molecule has 0 heterocycles. The summed E-state index contributed by atoms with van der Waals surface area (Å²) in [5.74, 6) is -2.89. The molecule has 0 aliphatic rings. The van der Waals surface area contributed by atoms with Gasteiger partial charge in [-0.3, -0.25) is 4.79 Å². The van der Waals surface area contributed by atoms with E-state index in [4.69, 9.17) is 15.3 Å². The summed E-state index contributed by atoms with van der Waals surface area (Å²) >= 11 is 0. The summed E-state index contributed by atoms with van der Waals surface area (Å²) in [5.41, 5.74) is -1.26. The number of hydrogen-bond donors (Lipinski definition) is 3. The SMILES string of the molecule is O=C(O)c1c(O)ccc(=O)cc1O. The molecule has 1 rings (SSSR count). The Balaban J connectivity index is 3.61. The van der Waals surface area contributed by atoms with E-state index < -0.39 is 28.5 Å². The summed E-state index contributed by atoms with van der Waals surface area (Å²) in [4.78, 5) is 21.2. The molecule has 0 atom stereocenters. The van der Waals surface area contributed by atoms with Crippen LogP contribution in [0.4, 0.5) is 0 Å². The van der Waals surface area contributed by atoms with Gasteiger partial charge in [-0.05, 0) is 12.1 Å². The highest BCUT2D eigenvalue weighted by Crippen LogP contribution is 2.22. The fraction of sp³-hybridized carbons (Fsp3) is 0. The summed E-state index contributed by atoms with van der Waals surface area (Å²) in [6, 6.07) is 2.61. The van der Waals surface area contributed by atoms with Gasteiger partial charge >= 0.3 is 5.97 Å². The zero-order chi connectivity index (χ0) is 10.0. The van der Waals surface area contributed by atoms with Crippen LogP contribution in [-0.2, 0) is 0 Å². The Hall–Kier alpha value is -2.04. The molecule has 1 aromatic carbocycles. The zero-order valence-corrected chi connectivity index (χ0v) is 6.39. The highest BCUT2D eigenvalue weighted by Gasteiger charge is 2.13. The molecule has 5 heteroatoms. The first-order valence-electron chi connectivity index (χ1n) is 3.32. The minimum atomic E-state index is -1.49. The van der Waals surface area contributed by atoms with E-state index in [1.807, 2.05) is 0 Å². The summed E-state index contributed by atoms with van der Waals surface area (Å²) in [7, 11) is 0. The van der Waals surface area contributed by atoms with Crippen molar-refractivity contribution in [1.82, 2.24) is 0 Å². The van der Waals surface area contributed by atoms with Crippen LogP contribution in [0.5, 0.6) is 11.5 Å². The first-order valence-corrected chi connectivity index (χ1v) is 3.32. The van der Waals surface area contributed by atoms with Crippen molar-refractivity contribution in [3.63, 3.8) is 0 Å². The van der Waals surface area contributed by atoms with Gasteiger partial charge in [0.15, 0.2) is 5.43 Å². The second-order valence-electron chi connectivity index (χ2n) is 2.33. The van der Waals surface area contributed by atoms with Crippen molar-refractivity contribution in [3.8, 4) is 11.5 Å². The lowest BCUT2D eigenvalue weighted by molar-refractivity contribution is 0.0690. The predicted molar refractivity (Wildman–Crippen MR) is 43.0 cm³/mol. The van der Waals surface area contributed by atoms with Crippen LogP contribution in [0.25, 0.3) is 0 Å². The Morgan fingerprint density at radius 1 is 1.15 bits per heavy atom. The first kappa shape index (κ1) is 9.05.